The van der Waals surface area contributed by atoms with Gasteiger partial charge in [0.2, 0.25) is 4.96 Å². The Morgan fingerprint density at radius 3 is 2.50 bits per heavy atom. The Kier molecular flexibility index (Phi) is 6.92. The Morgan fingerprint density at radius 2 is 1.80 bits per heavy atom. The summed E-state index contributed by atoms with van der Waals surface area (Å²) in [6.07, 6.45) is 3.84. The Hall–Kier alpha value is -3.98. The molecule has 0 saturated carbocycles. The van der Waals surface area contributed by atoms with Gasteiger partial charge >= 0.3 is 0 Å². The van der Waals surface area contributed by atoms with E-state index in [1.807, 2.05) is 80.2 Å². The van der Waals surface area contributed by atoms with Crippen LogP contribution in [-0.2, 0) is 0 Å². The summed E-state index contributed by atoms with van der Waals surface area (Å²) in [6, 6.07) is 20.9. The molecule has 40 heavy (non-hydrogen) atoms. The molecule has 200 valence electrons. The van der Waals surface area contributed by atoms with Crippen LogP contribution in [0.2, 0.25) is 10.0 Å². The minimum absolute atomic E-state index is 0.0730. The van der Waals surface area contributed by atoms with Crippen LogP contribution in [-0.4, -0.2) is 30.5 Å². The molecule has 0 aliphatic rings. The highest BCUT2D eigenvalue weighted by Crippen LogP contribution is 2.30. The van der Waals surface area contributed by atoms with Crippen LogP contribution in [0.4, 0.5) is 0 Å². The fourth-order valence-corrected chi connectivity index (χ4v) is 5.76. The van der Waals surface area contributed by atoms with E-state index in [1.165, 1.54) is 15.9 Å². The highest BCUT2D eigenvalue weighted by Gasteiger charge is 2.17. The number of ether oxygens (including phenoxy) is 1. The molecule has 3 aromatic carbocycles. The second kappa shape index (κ2) is 10.5. The van der Waals surface area contributed by atoms with E-state index in [1.54, 1.807) is 18.2 Å². The van der Waals surface area contributed by atoms with Crippen molar-refractivity contribution in [1.29, 1.82) is 0 Å². The summed E-state index contributed by atoms with van der Waals surface area (Å²) in [5, 5.41) is 10.3. The molecule has 10 heteroatoms. The third-order valence-corrected chi connectivity index (χ3v) is 7.72. The number of aryl methyl sites for hydroxylation is 1. The third kappa shape index (κ3) is 5.01. The van der Waals surface area contributed by atoms with E-state index < -0.39 is 0 Å². The molecule has 0 atom stereocenters. The van der Waals surface area contributed by atoms with Gasteiger partial charge in [0.25, 0.3) is 5.56 Å². The molecule has 3 heterocycles. The number of para-hydroxylation sites is 1. The van der Waals surface area contributed by atoms with Crippen molar-refractivity contribution in [2.45, 2.75) is 26.9 Å². The highest BCUT2D eigenvalue weighted by molar-refractivity contribution is 7.15. The lowest BCUT2D eigenvalue weighted by atomic mass is 10.0. The van der Waals surface area contributed by atoms with Crippen LogP contribution in [0, 0.1) is 6.92 Å². The maximum atomic E-state index is 13.4. The molecule has 0 amide bonds. The number of hydrogen-bond donors (Lipinski definition) is 0. The van der Waals surface area contributed by atoms with Crippen molar-refractivity contribution in [2.24, 2.45) is 0 Å². The van der Waals surface area contributed by atoms with Crippen molar-refractivity contribution >= 4 is 45.6 Å². The zero-order valence-corrected chi connectivity index (χ0v) is 24.1. The first kappa shape index (κ1) is 26.3. The zero-order chi connectivity index (χ0) is 28.0. The van der Waals surface area contributed by atoms with Gasteiger partial charge in [-0.25, -0.2) is 4.68 Å². The molecule has 0 bridgehead atoms. The van der Waals surface area contributed by atoms with E-state index in [0.717, 1.165) is 33.8 Å². The summed E-state index contributed by atoms with van der Waals surface area (Å²) in [7, 11) is 0. The average molecular weight is 589 g/mol. The number of nitrogens with zero attached hydrogens (tertiary/aromatic N) is 5. The highest BCUT2D eigenvalue weighted by atomic mass is 35.5. The smallest absolute Gasteiger partial charge is 0.291 e. The van der Waals surface area contributed by atoms with Crippen molar-refractivity contribution < 1.29 is 4.74 Å². The van der Waals surface area contributed by atoms with Crippen molar-refractivity contribution in [3.8, 4) is 34.1 Å². The first-order chi connectivity index (χ1) is 19.3. The summed E-state index contributed by atoms with van der Waals surface area (Å²) in [5.74, 6) is 1.20. The van der Waals surface area contributed by atoms with E-state index in [2.05, 4.69) is 16.1 Å². The number of thiazole rings is 1. The molecule has 6 rings (SSSR count). The molecule has 0 N–H and O–H groups in total. The fourth-order valence-electron chi connectivity index (χ4n) is 4.37. The molecule has 0 aliphatic heterocycles. The minimum Gasteiger partial charge on any atom is -0.491 e. The van der Waals surface area contributed by atoms with Gasteiger partial charge in [0.15, 0.2) is 5.82 Å². The summed E-state index contributed by atoms with van der Waals surface area (Å²) >= 11 is 13.6. The predicted molar refractivity (Wildman–Crippen MR) is 161 cm³/mol. The number of benzene rings is 3. The van der Waals surface area contributed by atoms with Crippen LogP contribution in [0.5, 0.6) is 5.75 Å². The van der Waals surface area contributed by atoms with Gasteiger partial charge < -0.3 is 4.74 Å². The number of aromatic nitrogens is 5. The van der Waals surface area contributed by atoms with E-state index in [9.17, 15) is 4.79 Å². The normalized spacial score (nSPS) is 12.1. The van der Waals surface area contributed by atoms with Crippen LogP contribution in [0.1, 0.15) is 25.0 Å². The van der Waals surface area contributed by atoms with Gasteiger partial charge in [0.1, 0.15) is 11.4 Å². The maximum absolute atomic E-state index is 13.4. The molecule has 0 spiro atoms. The van der Waals surface area contributed by atoms with E-state index in [4.69, 9.17) is 33.0 Å². The van der Waals surface area contributed by atoms with Crippen molar-refractivity contribution in [2.75, 3.05) is 0 Å². The van der Waals surface area contributed by atoms with Crippen LogP contribution < -0.4 is 14.8 Å². The Bertz CT molecular complexity index is 1980. The standard InChI is InChI=1S/C30H23Cl2N5O2S/c1-17(2)39-25-12-9-19(13-18(25)3)27-20(16-36(34-27)22-7-5-4-6-8-22)14-26-29(38)37-30(40-26)33-28(35-37)23-11-10-21(31)15-24(23)32/h4-17H,1-3H3. The van der Waals surface area contributed by atoms with E-state index in [0.29, 0.717) is 30.9 Å². The first-order valence-electron chi connectivity index (χ1n) is 12.6. The molecular weight excluding hydrogens is 565 g/mol. The molecule has 0 saturated heterocycles. The molecule has 0 aliphatic carbocycles. The second-order valence-corrected chi connectivity index (χ2v) is 11.4. The van der Waals surface area contributed by atoms with Gasteiger partial charge in [-0.05, 0) is 80.9 Å². The Labute approximate surface area is 243 Å². The van der Waals surface area contributed by atoms with Gasteiger partial charge in [0, 0.05) is 27.9 Å². The lowest BCUT2D eigenvalue weighted by molar-refractivity contribution is 0.241. The second-order valence-electron chi connectivity index (χ2n) is 9.53. The van der Waals surface area contributed by atoms with Gasteiger partial charge in [-0.15, -0.1) is 5.10 Å². The third-order valence-electron chi connectivity index (χ3n) is 6.21. The molecule has 6 aromatic rings. The van der Waals surface area contributed by atoms with Crippen LogP contribution in [0.15, 0.2) is 77.7 Å². The summed E-state index contributed by atoms with van der Waals surface area (Å²) in [5.41, 5.74) is 4.72. The number of hydrogen-bond acceptors (Lipinski definition) is 6. The molecule has 7 nitrogen and oxygen atoms in total. The van der Waals surface area contributed by atoms with Crippen LogP contribution in [0.25, 0.3) is 39.4 Å². The number of fused-ring (bicyclic) bond motifs is 1. The summed E-state index contributed by atoms with van der Waals surface area (Å²) in [6.45, 7) is 6.02. The average Bonchev–Trinajstić information content (AvgIpc) is 3.61. The van der Waals surface area contributed by atoms with Crippen LogP contribution >= 0.6 is 34.5 Å². The maximum Gasteiger partial charge on any atom is 0.291 e. The Balaban J connectivity index is 1.47. The van der Waals surface area contributed by atoms with Crippen LogP contribution in [0.3, 0.4) is 0 Å². The number of halogens is 2. The Morgan fingerprint density at radius 1 is 1.00 bits per heavy atom. The van der Waals surface area contributed by atoms with Gasteiger partial charge in [-0.3, -0.25) is 4.79 Å². The zero-order valence-electron chi connectivity index (χ0n) is 21.8. The molecule has 0 fully saturated rings. The van der Waals surface area contributed by atoms with Crippen molar-refractivity contribution in [1.82, 2.24) is 24.4 Å². The van der Waals surface area contributed by atoms with Gasteiger partial charge in [0.05, 0.1) is 21.3 Å². The summed E-state index contributed by atoms with van der Waals surface area (Å²) in [4.78, 5) is 18.4. The van der Waals surface area contributed by atoms with Crippen molar-refractivity contribution in [3.05, 3.63) is 109 Å². The predicted octanol–water partition coefficient (Wildman–Crippen LogP) is 6.62. The molecular formula is C30H23Cl2N5O2S. The summed E-state index contributed by atoms with van der Waals surface area (Å²) < 4.78 is 9.54. The quantitative estimate of drug-likeness (QED) is 0.219. The van der Waals surface area contributed by atoms with Gasteiger partial charge in [-0.1, -0.05) is 52.7 Å². The monoisotopic (exact) mass is 587 g/mol. The molecule has 0 unspecified atom stereocenters. The lowest BCUT2D eigenvalue weighted by Crippen LogP contribution is -2.23. The first-order valence-corrected chi connectivity index (χ1v) is 14.1. The topological polar surface area (TPSA) is 74.3 Å². The molecule has 3 aromatic heterocycles. The van der Waals surface area contributed by atoms with Gasteiger partial charge in [-0.2, -0.15) is 14.6 Å². The largest absolute Gasteiger partial charge is 0.491 e. The molecule has 0 radical (unpaired) electrons. The SMILES string of the molecule is Cc1cc(-c2nn(-c3ccccc3)cc2C=c2sc3nc(-c4ccc(Cl)cc4Cl)nn3c2=O)ccc1OC(C)C. The number of rotatable bonds is 6. The van der Waals surface area contributed by atoms with E-state index >= 15 is 0 Å². The minimum atomic E-state index is -0.265. The lowest BCUT2D eigenvalue weighted by Gasteiger charge is -2.13. The van der Waals surface area contributed by atoms with Crippen molar-refractivity contribution in [3.63, 3.8) is 0 Å². The van der Waals surface area contributed by atoms with E-state index in [-0.39, 0.29) is 11.7 Å². The fraction of sp³-hybridized carbons (Fsp3) is 0.133.